The highest BCUT2D eigenvalue weighted by Crippen LogP contribution is 2.35. The molecule has 3 aromatic rings. The van der Waals surface area contributed by atoms with E-state index in [4.69, 9.17) is 27.9 Å². The Bertz CT molecular complexity index is 1070. The van der Waals surface area contributed by atoms with Crippen molar-refractivity contribution < 1.29 is 9.53 Å². The van der Waals surface area contributed by atoms with Gasteiger partial charge >= 0.3 is 0 Å². The van der Waals surface area contributed by atoms with E-state index >= 15 is 0 Å². The number of ether oxygens (including phenoxy) is 1. The molecular formula is C22H17Br2Cl2N3O2. The standard InChI is InChI=1S/C22H17Br2Cl2N3O2/c23-18-9-14(10-19(24)22(18)31-13-15-3-1-2-4-20(15)26)11-28-29-21(30)12-27-17-7-5-16(25)6-8-17/h1-11,27H,12-13H2,(H,29,30)/b28-11-. The summed E-state index contributed by atoms with van der Waals surface area (Å²) in [6, 6.07) is 18.3. The van der Waals surface area contributed by atoms with Gasteiger partial charge in [-0.1, -0.05) is 41.4 Å². The third-order valence-corrected chi connectivity index (χ3v) is 5.85. The Balaban J connectivity index is 1.54. The molecule has 0 aliphatic rings. The van der Waals surface area contributed by atoms with Crippen LogP contribution in [0.15, 0.2) is 74.7 Å². The molecule has 0 bridgehead atoms. The number of carbonyl (C=O) groups is 1. The van der Waals surface area contributed by atoms with Gasteiger partial charge in [-0.05, 0) is 79.9 Å². The largest absolute Gasteiger partial charge is 0.486 e. The van der Waals surface area contributed by atoms with Crippen LogP contribution in [-0.2, 0) is 11.4 Å². The molecule has 3 rings (SSSR count). The summed E-state index contributed by atoms with van der Waals surface area (Å²) < 4.78 is 7.39. The number of amides is 1. The van der Waals surface area contributed by atoms with E-state index in [9.17, 15) is 4.79 Å². The molecule has 9 heteroatoms. The average Bonchev–Trinajstić information content (AvgIpc) is 2.74. The molecule has 0 radical (unpaired) electrons. The second-order valence-electron chi connectivity index (χ2n) is 6.35. The molecule has 0 fully saturated rings. The molecule has 5 nitrogen and oxygen atoms in total. The van der Waals surface area contributed by atoms with E-state index < -0.39 is 0 Å². The highest BCUT2D eigenvalue weighted by atomic mass is 79.9. The van der Waals surface area contributed by atoms with Gasteiger partial charge in [0.15, 0.2) is 0 Å². The zero-order chi connectivity index (χ0) is 22.2. The first kappa shape index (κ1) is 23.6. The van der Waals surface area contributed by atoms with Crippen molar-refractivity contribution in [2.75, 3.05) is 11.9 Å². The van der Waals surface area contributed by atoms with E-state index in [-0.39, 0.29) is 12.5 Å². The lowest BCUT2D eigenvalue weighted by atomic mass is 10.2. The lowest BCUT2D eigenvalue weighted by Crippen LogP contribution is -2.25. The number of rotatable bonds is 8. The summed E-state index contributed by atoms with van der Waals surface area (Å²) in [6.45, 7) is 0.419. The molecule has 0 aromatic heterocycles. The maximum Gasteiger partial charge on any atom is 0.259 e. The van der Waals surface area contributed by atoms with Crippen LogP contribution < -0.4 is 15.5 Å². The molecule has 0 heterocycles. The van der Waals surface area contributed by atoms with E-state index in [2.05, 4.69) is 47.7 Å². The fourth-order valence-corrected chi connectivity index (χ4v) is 4.29. The second-order valence-corrected chi connectivity index (χ2v) is 8.90. The van der Waals surface area contributed by atoms with E-state index in [0.29, 0.717) is 22.4 Å². The Kier molecular flexibility index (Phi) is 8.78. The normalized spacial score (nSPS) is 10.8. The third-order valence-electron chi connectivity index (χ3n) is 4.05. The smallest absolute Gasteiger partial charge is 0.259 e. The molecular weight excluding hydrogens is 569 g/mol. The molecule has 0 unspecified atom stereocenters. The van der Waals surface area contributed by atoms with Crippen LogP contribution in [0.1, 0.15) is 11.1 Å². The van der Waals surface area contributed by atoms with Crippen LogP contribution in [0.3, 0.4) is 0 Å². The summed E-state index contributed by atoms with van der Waals surface area (Å²) in [5, 5.41) is 8.28. The average molecular weight is 586 g/mol. The van der Waals surface area contributed by atoms with Crippen molar-refractivity contribution in [1.82, 2.24) is 5.43 Å². The van der Waals surface area contributed by atoms with Gasteiger partial charge in [0.05, 0.1) is 21.7 Å². The first-order valence-electron chi connectivity index (χ1n) is 9.09. The van der Waals surface area contributed by atoms with Crippen LogP contribution in [0.4, 0.5) is 5.69 Å². The molecule has 2 N–H and O–H groups in total. The van der Waals surface area contributed by atoms with Gasteiger partial charge in [-0.2, -0.15) is 5.10 Å². The molecule has 31 heavy (non-hydrogen) atoms. The zero-order valence-corrected chi connectivity index (χ0v) is 20.7. The lowest BCUT2D eigenvalue weighted by Gasteiger charge is -2.12. The van der Waals surface area contributed by atoms with Crippen LogP contribution in [0.5, 0.6) is 5.75 Å². The summed E-state index contributed by atoms with van der Waals surface area (Å²) >= 11 is 19.0. The highest BCUT2D eigenvalue weighted by molar-refractivity contribution is 9.11. The van der Waals surface area contributed by atoms with E-state index in [1.807, 2.05) is 36.4 Å². The maximum atomic E-state index is 11.9. The molecule has 0 atom stereocenters. The summed E-state index contributed by atoms with van der Waals surface area (Å²) in [6.07, 6.45) is 1.55. The monoisotopic (exact) mass is 583 g/mol. The molecule has 0 aliphatic carbocycles. The summed E-state index contributed by atoms with van der Waals surface area (Å²) in [5.74, 6) is 0.372. The SMILES string of the molecule is O=C(CNc1ccc(Cl)cc1)N/N=C\c1cc(Br)c(OCc2ccccc2Cl)c(Br)c1. The van der Waals surface area contributed by atoms with Crippen LogP contribution in [0.2, 0.25) is 10.0 Å². The number of nitrogens with one attached hydrogen (secondary N) is 2. The Morgan fingerprint density at radius 3 is 2.39 bits per heavy atom. The fraction of sp³-hybridized carbons (Fsp3) is 0.0909. The van der Waals surface area contributed by atoms with Gasteiger partial charge in [0, 0.05) is 21.3 Å². The van der Waals surface area contributed by atoms with Gasteiger partial charge < -0.3 is 10.1 Å². The number of anilines is 1. The predicted molar refractivity (Wildman–Crippen MR) is 133 cm³/mol. The van der Waals surface area contributed by atoms with Crippen molar-refractivity contribution in [3.63, 3.8) is 0 Å². The van der Waals surface area contributed by atoms with E-state index in [0.717, 1.165) is 25.8 Å². The minimum Gasteiger partial charge on any atom is -0.486 e. The van der Waals surface area contributed by atoms with Gasteiger partial charge in [0.1, 0.15) is 12.4 Å². The van der Waals surface area contributed by atoms with Crippen molar-refractivity contribution in [1.29, 1.82) is 0 Å². The maximum absolute atomic E-state index is 11.9. The Hall–Kier alpha value is -2.06. The van der Waals surface area contributed by atoms with Crippen LogP contribution in [0.25, 0.3) is 0 Å². The number of benzene rings is 3. The van der Waals surface area contributed by atoms with Crippen molar-refractivity contribution in [3.8, 4) is 5.75 Å². The van der Waals surface area contributed by atoms with Gasteiger partial charge in [-0.15, -0.1) is 0 Å². The number of hydrazone groups is 1. The summed E-state index contributed by atoms with van der Waals surface area (Å²) in [4.78, 5) is 11.9. The molecule has 1 amide bonds. The van der Waals surface area contributed by atoms with Crippen LogP contribution >= 0.6 is 55.1 Å². The molecule has 0 saturated carbocycles. The first-order valence-corrected chi connectivity index (χ1v) is 11.4. The topological polar surface area (TPSA) is 62.7 Å². The Morgan fingerprint density at radius 2 is 1.71 bits per heavy atom. The van der Waals surface area contributed by atoms with E-state index in [1.54, 1.807) is 30.5 Å². The molecule has 0 spiro atoms. The Labute approximate surface area is 207 Å². The predicted octanol–water partition coefficient (Wildman–Crippen LogP) is 6.66. The molecule has 0 saturated heterocycles. The van der Waals surface area contributed by atoms with Gasteiger partial charge in [-0.3, -0.25) is 4.79 Å². The lowest BCUT2D eigenvalue weighted by molar-refractivity contribution is -0.119. The van der Waals surface area contributed by atoms with Crippen molar-refractivity contribution in [3.05, 3.63) is 90.8 Å². The number of nitrogens with zero attached hydrogens (tertiary/aromatic N) is 1. The molecule has 160 valence electrons. The number of halogens is 4. The van der Waals surface area contributed by atoms with Crippen molar-refractivity contribution in [2.24, 2.45) is 5.10 Å². The van der Waals surface area contributed by atoms with Gasteiger partial charge in [0.25, 0.3) is 5.91 Å². The molecule has 0 aliphatic heterocycles. The van der Waals surface area contributed by atoms with Crippen LogP contribution in [-0.4, -0.2) is 18.7 Å². The highest BCUT2D eigenvalue weighted by Gasteiger charge is 2.10. The van der Waals surface area contributed by atoms with Crippen molar-refractivity contribution >= 4 is 72.9 Å². The zero-order valence-electron chi connectivity index (χ0n) is 16.0. The minimum absolute atomic E-state index is 0.0845. The summed E-state index contributed by atoms with van der Waals surface area (Å²) in [7, 11) is 0. The van der Waals surface area contributed by atoms with E-state index in [1.165, 1.54) is 0 Å². The van der Waals surface area contributed by atoms with Crippen molar-refractivity contribution in [2.45, 2.75) is 6.61 Å². The quantitative estimate of drug-likeness (QED) is 0.230. The minimum atomic E-state index is -0.274. The number of hydrogen-bond acceptors (Lipinski definition) is 4. The third kappa shape index (κ3) is 7.25. The Morgan fingerprint density at radius 1 is 1.03 bits per heavy atom. The van der Waals surface area contributed by atoms with Crippen LogP contribution in [0, 0.1) is 0 Å². The second kappa shape index (κ2) is 11.5. The number of hydrogen-bond donors (Lipinski definition) is 2. The fourth-order valence-electron chi connectivity index (χ4n) is 2.53. The van der Waals surface area contributed by atoms with Gasteiger partial charge in [0.2, 0.25) is 0 Å². The summed E-state index contributed by atoms with van der Waals surface area (Å²) in [5.41, 5.74) is 4.94. The number of carbonyl (C=O) groups excluding carboxylic acids is 1. The van der Waals surface area contributed by atoms with Gasteiger partial charge in [-0.25, -0.2) is 5.43 Å². The first-order chi connectivity index (χ1) is 14.9. The molecule has 3 aromatic carbocycles.